The van der Waals surface area contributed by atoms with Crippen molar-refractivity contribution in [3.63, 3.8) is 0 Å². The molecule has 0 aliphatic heterocycles. The van der Waals surface area contributed by atoms with Crippen LogP contribution in [0.25, 0.3) is 0 Å². The molecule has 0 aliphatic rings. The van der Waals surface area contributed by atoms with Gasteiger partial charge in [-0.2, -0.15) is 0 Å². The zero-order valence-corrected chi connectivity index (χ0v) is 10.7. The predicted octanol–water partition coefficient (Wildman–Crippen LogP) is 0.126. The SMILES string of the molecule is O=[N+]([O-])C(O)(Cl)[C@@](O)(Cl)[C@@](O)(Cl)C(O)(Cl)Cl. The average Bonchev–Trinajstić information content (AvgIpc) is 2.00. The van der Waals surface area contributed by atoms with E-state index in [4.69, 9.17) is 68.2 Å². The van der Waals surface area contributed by atoms with E-state index in [1.807, 2.05) is 0 Å². The zero-order chi connectivity index (χ0) is 13.6. The normalized spacial score (nSPS) is 24.1. The van der Waals surface area contributed by atoms with Crippen molar-refractivity contribution in [1.29, 1.82) is 0 Å². The number of alkyl halides is 5. The van der Waals surface area contributed by atoms with Crippen molar-refractivity contribution in [2.45, 2.75) is 19.8 Å². The third-order valence-electron chi connectivity index (χ3n) is 1.50. The van der Waals surface area contributed by atoms with E-state index in [9.17, 15) is 20.3 Å². The summed E-state index contributed by atoms with van der Waals surface area (Å²) in [6.07, 6.45) is 0. The first kappa shape index (κ1) is 16.7. The molecule has 12 heteroatoms. The molecule has 16 heavy (non-hydrogen) atoms. The second kappa shape index (κ2) is 4.42. The molecular formula is C4H4Cl5NO6. The summed E-state index contributed by atoms with van der Waals surface area (Å²) in [6.45, 7) is 0. The first-order valence-corrected chi connectivity index (χ1v) is 5.07. The molecule has 0 heterocycles. The van der Waals surface area contributed by atoms with E-state index in [0.717, 1.165) is 0 Å². The standard InChI is InChI=1S/C4H4Cl5NO6/c5-1(11,3(7,8)13)2(6,12)4(9,14)10(15)16/h11-14H/t1-,2+,4?/m0/s1. The van der Waals surface area contributed by atoms with Crippen molar-refractivity contribution in [2.75, 3.05) is 0 Å². The van der Waals surface area contributed by atoms with Gasteiger partial charge in [0.25, 0.3) is 9.58 Å². The molecule has 0 bridgehead atoms. The quantitative estimate of drug-likeness (QED) is 0.190. The van der Waals surface area contributed by atoms with Gasteiger partial charge in [0, 0.05) is 0 Å². The monoisotopic (exact) mass is 337 g/mol. The maximum Gasteiger partial charge on any atom is 0.449 e. The fraction of sp³-hybridized carbons (Fsp3) is 1.00. The van der Waals surface area contributed by atoms with Crippen molar-refractivity contribution >= 4 is 58.0 Å². The van der Waals surface area contributed by atoms with Gasteiger partial charge >= 0.3 is 10.2 Å². The van der Waals surface area contributed by atoms with Crippen LogP contribution in [0.1, 0.15) is 0 Å². The van der Waals surface area contributed by atoms with Crippen molar-refractivity contribution < 1.29 is 25.3 Å². The Morgan fingerprint density at radius 2 is 1.19 bits per heavy atom. The molecule has 0 rings (SSSR count). The van der Waals surface area contributed by atoms with Gasteiger partial charge in [-0.1, -0.05) is 46.4 Å². The van der Waals surface area contributed by atoms with Gasteiger partial charge in [-0.05, 0) is 11.6 Å². The molecule has 1 unspecified atom stereocenters. The van der Waals surface area contributed by atoms with E-state index >= 15 is 0 Å². The predicted molar refractivity (Wildman–Crippen MR) is 56.1 cm³/mol. The van der Waals surface area contributed by atoms with Crippen LogP contribution in [0, 0.1) is 10.1 Å². The van der Waals surface area contributed by atoms with Gasteiger partial charge in [-0.25, -0.2) is 0 Å². The second-order valence-corrected chi connectivity index (χ2v) is 5.54. The van der Waals surface area contributed by atoms with E-state index in [-0.39, 0.29) is 0 Å². The summed E-state index contributed by atoms with van der Waals surface area (Å²) >= 11 is 24.8. The average molecular weight is 339 g/mol. The molecule has 0 fully saturated rings. The Balaban J connectivity index is 5.62. The lowest BCUT2D eigenvalue weighted by molar-refractivity contribution is -0.615. The van der Waals surface area contributed by atoms with Crippen molar-refractivity contribution in [3.05, 3.63) is 10.1 Å². The number of hydrogen-bond acceptors (Lipinski definition) is 6. The molecule has 0 aromatic carbocycles. The Morgan fingerprint density at radius 1 is 0.875 bits per heavy atom. The van der Waals surface area contributed by atoms with E-state index in [2.05, 4.69) is 0 Å². The van der Waals surface area contributed by atoms with Crippen LogP contribution in [0.5, 0.6) is 0 Å². The number of aliphatic hydroxyl groups is 4. The third-order valence-corrected chi connectivity index (χ3v) is 3.93. The minimum absolute atomic E-state index is 1.69. The van der Waals surface area contributed by atoms with Gasteiger partial charge in [0.15, 0.2) is 0 Å². The molecule has 0 radical (unpaired) electrons. The van der Waals surface area contributed by atoms with Gasteiger partial charge in [0.05, 0.1) is 4.92 Å². The Labute approximate surface area is 113 Å². The summed E-state index contributed by atoms with van der Waals surface area (Å²) in [4.78, 5) is 8.60. The van der Waals surface area contributed by atoms with E-state index in [0.29, 0.717) is 0 Å². The van der Waals surface area contributed by atoms with Crippen LogP contribution >= 0.6 is 58.0 Å². The Hall–Kier alpha value is 0.690. The smallest absolute Gasteiger partial charge is 0.367 e. The summed E-state index contributed by atoms with van der Waals surface area (Å²) in [5.74, 6) is 0. The molecule has 0 spiro atoms. The molecule has 3 atom stereocenters. The molecule has 0 amide bonds. The Morgan fingerprint density at radius 3 is 1.38 bits per heavy atom. The lowest BCUT2D eigenvalue weighted by Crippen LogP contribution is -2.68. The number of rotatable bonds is 4. The third kappa shape index (κ3) is 2.43. The highest BCUT2D eigenvalue weighted by atomic mass is 35.5. The molecule has 0 saturated heterocycles. The number of nitro groups is 1. The van der Waals surface area contributed by atoms with Crippen molar-refractivity contribution in [1.82, 2.24) is 0 Å². The van der Waals surface area contributed by atoms with Crippen molar-refractivity contribution in [3.8, 4) is 0 Å². The minimum atomic E-state index is -3.86. The Kier molecular flexibility index (Phi) is 4.61. The first-order chi connectivity index (χ1) is 6.69. The van der Waals surface area contributed by atoms with Crippen LogP contribution in [-0.2, 0) is 0 Å². The lowest BCUT2D eigenvalue weighted by atomic mass is 10.1. The summed E-state index contributed by atoms with van der Waals surface area (Å²) in [5.41, 5.74) is 0. The summed E-state index contributed by atoms with van der Waals surface area (Å²) < 4.78 is -3.34. The summed E-state index contributed by atoms with van der Waals surface area (Å²) in [7, 11) is 0. The largest absolute Gasteiger partial charge is 0.449 e. The van der Waals surface area contributed by atoms with Gasteiger partial charge in [0.2, 0.25) is 0 Å². The van der Waals surface area contributed by atoms with Crippen LogP contribution < -0.4 is 0 Å². The van der Waals surface area contributed by atoms with Crippen molar-refractivity contribution in [2.24, 2.45) is 0 Å². The van der Waals surface area contributed by atoms with E-state index in [1.165, 1.54) is 0 Å². The van der Waals surface area contributed by atoms with E-state index < -0.39 is 24.7 Å². The topological polar surface area (TPSA) is 124 Å². The second-order valence-electron chi connectivity index (χ2n) is 2.63. The van der Waals surface area contributed by atoms with Crippen LogP contribution in [0.15, 0.2) is 0 Å². The van der Waals surface area contributed by atoms with E-state index in [1.54, 1.807) is 0 Å². The highest BCUT2D eigenvalue weighted by Gasteiger charge is 2.75. The highest BCUT2D eigenvalue weighted by Crippen LogP contribution is 2.50. The summed E-state index contributed by atoms with van der Waals surface area (Å²) in [6, 6.07) is 0. The fourth-order valence-electron chi connectivity index (χ4n) is 0.531. The molecule has 0 aliphatic carbocycles. The molecule has 0 saturated carbocycles. The van der Waals surface area contributed by atoms with Crippen LogP contribution in [-0.4, -0.2) is 45.2 Å². The zero-order valence-electron chi connectivity index (χ0n) is 6.94. The molecule has 96 valence electrons. The lowest BCUT2D eigenvalue weighted by Gasteiger charge is -2.39. The highest BCUT2D eigenvalue weighted by molar-refractivity contribution is 6.53. The molecule has 4 N–H and O–H groups in total. The number of nitrogens with zero attached hydrogens (tertiary/aromatic N) is 1. The number of hydrogen-bond donors (Lipinski definition) is 4. The van der Waals surface area contributed by atoms with Crippen LogP contribution in [0.2, 0.25) is 0 Å². The molecule has 0 aromatic heterocycles. The van der Waals surface area contributed by atoms with Gasteiger partial charge in [0.1, 0.15) is 0 Å². The Bertz CT molecular complexity index is 298. The number of halogens is 5. The molecule has 0 aromatic rings. The molecule has 7 nitrogen and oxygen atoms in total. The molecular weight excluding hydrogens is 335 g/mol. The summed E-state index contributed by atoms with van der Waals surface area (Å²) in [5, 5.41) is 35.5. The maximum absolute atomic E-state index is 10.3. The first-order valence-electron chi connectivity index (χ1n) is 3.18. The van der Waals surface area contributed by atoms with Gasteiger partial charge < -0.3 is 20.4 Å². The maximum atomic E-state index is 10.3. The minimum Gasteiger partial charge on any atom is -0.367 e. The van der Waals surface area contributed by atoms with Crippen LogP contribution in [0.3, 0.4) is 0 Å². The fourth-order valence-corrected chi connectivity index (χ4v) is 1.42. The van der Waals surface area contributed by atoms with Crippen LogP contribution in [0.4, 0.5) is 0 Å². The van der Waals surface area contributed by atoms with Gasteiger partial charge in [-0.3, -0.25) is 10.1 Å². The van der Waals surface area contributed by atoms with Gasteiger partial charge in [-0.15, -0.1) is 0 Å².